The molecule has 0 heterocycles. The fraction of sp³-hybridized carbons (Fsp3) is 1.00. The van der Waals surface area contributed by atoms with E-state index in [1.807, 2.05) is 7.11 Å². The van der Waals surface area contributed by atoms with Crippen LogP contribution in [0.3, 0.4) is 0 Å². The minimum Gasteiger partial charge on any atom is -0.384 e. The van der Waals surface area contributed by atoms with Crippen LogP contribution in [-0.4, -0.2) is 26.9 Å². The van der Waals surface area contributed by atoms with Crippen molar-refractivity contribution in [1.29, 1.82) is 0 Å². The van der Waals surface area contributed by atoms with Crippen LogP contribution in [0.1, 0.15) is 40.5 Å². The molecule has 0 aromatic rings. The van der Waals surface area contributed by atoms with Crippen molar-refractivity contribution in [2.24, 2.45) is 17.8 Å². The summed E-state index contributed by atoms with van der Waals surface area (Å²) in [5, 5.41) is 0. The summed E-state index contributed by atoms with van der Waals surface area (Å²) in [6.45, 7) is 9.77. The van der Waals surface area contributed by atoms with Crippen LogP contribution in [0, 0.1) is 17.8 Å². The van der Waals surface area contributed by atoms with Crippen molar-refractivity contribution < 1.29 is 9.47 Å². The van der Waals surface area contributed by atoms with E-state index >= 15 is 0 Å². The van der Waals surface area contributed by atoms with Crippen molar-refractivity contribution in [3.63, 3.8) is 0 Å². The number of hydrogen-bond acceptors (Lipinski definition) is 2. The molecular weight excluding hydrogens is 188 g/mol. The van der Waals surface area contributed by atoms with E-state index in [2.05, 4.69) is 27.7 Å². The van der Waals surface area contributed by atoms with E-state index in [9.17, 15) is 0 Å². The van der Waals surface area contributed by atoms with Crippen LogP contribution in [-0.2, 0) is 9.47 Å². The zero-order chi connectivity index (χ0) is 11.8. The molecule has 0 saturated carbocycles. The van der Waals surface area contributed by atoms with Crippen molar-refractivity contribution in [2.75, 3.05) is 20.8 Å². The third kappa shape index (κ3) is 6.16. The molecule has 0 aromatic heterocycles. The minimum absolute atomic E-state index is 0.323. The quantitative estimate of drug-likeness (QED) is 0.619. The normalized spacial score (nSPS) is 16.0. The number of methoxy groups -OCH3 is 2. The van der Waals surface area contributed by atoms with Gasteiger partial charge < -0.3 is 9.47 Å². The molecule has 2 heteroatoms. The lowest BCUT2D eigenvalue weighted by Gasteiger charge is -2.29. The zero-order valence-corrected chi connectivity index (χ0v) is 11.2. The molecule has 0 aliphatic rings. The Kier molecular flexibility index (Phi) is 8.07. The van der Waals surface area contributed by atoms with Crippen LogP contribution in [0.25, 0.3) is 0 Å². The summed E-state index contributed by atoms with van der Waals surface area (Å²) in [5.41, 5.74) is 0. The molecule has 0 saturated heterocycles. The van der Waals surface area contributed by atoms with Gasteiger partial charge in [0.2, 0.25) is 0 Å². The Hall–Kier alpha value is -0.0800. The molecule has 15 heavy (non-hydrogen) atoms. The fourth-order valence-corrected chi connectivity index (χ4v) is 2.11. The molecule has 2 nitrogen and oxygen atoms in total. The summed E-state index contributed by atoms with van der Waals surface area (Å²) in [6.07, 6.45) is 2.77. The summed E-state index contributed by atoms with van der Waals surface area (Å²) >= 11 is 0. The van der Waals surface area contributed by atoms with Crippen LogP contribution in [0.5, 0.6) is 0 Å². The number of ether oxygens (including phenoxy) is 2. The van der Waals surface area contributed by atoms with Crippen molar-refractivity contribution in [3.05, 3.63) is 0 Å². The maximum atomic E-state index is 5.58. The van der Waals surface area contributed by atoms with Crippen LogP contribution < -0.4 is 0 Å². The Balaban J connectivity index is 4.20. The molecule has 0 N–H and O–H groups in total. The second kappa shape index (κ2) is 8.12. The first-order chi connectivity index (χ1) is 7.02. The van der Waals surface area contributed by atoms with E-state index in [1.54, 1.807) is 7.11 Å². The van der Waals surface area contributed by atoms with Gasteiger partial charge in [0.25, 0.3) is 0 Å². The van der Waals surface area contributed by atoms with Gasteiger partial charge in [-0.15, -0.1) is 0 Å². The highest BCUT2D eigenvalue weighted by Crippen LogP contribution is 2.23. The highest BCUT2D eigenvalue weighted by atomic mass is 16.5. The lowest BCUT2D eigenvalue weighted by atomic mass is 9.88. The topological polar surface area (TPSA) is 18.5 Å². The summed E-state index contributed by atoms with van der Waals surface area (Å²) in [6, 6.07) is 0. The Morgan fingerprint density at radius 2 is 1.53 bits per heavy atom. The van der Waals surface area contributed by atoms with E-state index < -0.39 is 0 Å². The molecule has 2 atom stereocenters. The fourth-order valence-electron chi connectivity index (χ4n) is 2.11. The molecule has 92 valence electrons. The number of hydrogen-bond donors (Lipinski definition) is 0. The van der Waals surface area contributed by atoms with Crippen LogP contribution >= 0.6 is 0 Å². The molecule has 0 aliphatic heterocycles. The molecule has 0 bridgehead atoms. The zero-order valence-electron chi connectivity index (χ0n) is 11.2. The molecular formula is C13H28O2. The first-order valence-corrected chi connectivity index (χ1v) is 6.04. The minimum atomic E-state index is 0.323. The largest absolute Gasteiger partial charge is 0.384 e. The maximum absolute atomic E-state index is 5.58. The van der Waals surface area contributed by atoms with Gasteiger partial charge in [0.05, 0.1) is 12.7 Å². The Bertz CT molecular complexity index is 143. The molecule has 0 aliphatic carbocycles. The second-order valence-electron chi connectivity index (χ2n) is 5.13. The molecule has 2 unspecified atom stereocenters. The Morgan fingerprint density at radius 1 is 0.933 bits per heavy atom. The van der Waals surface area contributed by atoms with Gasteiger partial charge in [-0.3, -0.25) is 0 Å². The highest BCUT2D eigenvalue weighted by Gasteiger charge is 2.24. The Labute approximate surface area is 95.3 Å². The van der Waals surface area contributed by atoms with Gasteiger partial charge >= 0.3 is 0 Å². The highest BCUT2D eigenvalue weighted by molar-refractivity contribution is 4.73. The molecule has 0 rings (SSSR count). The van der Waals surface area contributed by atoms with Gasteiger partial charge in [-0.25, -0.2) is 0 Å². The Morgan fingerprint density at radius 3 is 1.87 bits per heavy atom. The monoisotopic (exact) mass is 216 g/mol. The predicted molar refractivity (Wildman–Crippen MR) is 65.1 cm³/mol. The SMILES string of the molecule is COCC(CCC(C)C)C(OC)C(C)C. The molecule has 0 fully saturated rings. The van der Waals surface area contributed by atoms with Crippen LogP contribution in [0.4, 0.5) is 0 Å². The second-order valence-corrected chi connectivity index (χ2v) is 5.13. The molecule has 0 amide bonds. The summed E-state index contributed by atoms with van der Waals surface area (Å²) in [7, 11) is 3.58. The molecule has 0 spiro atoms. The van der Waals surface area contributed by atoms with Gasteiger partial charge in [-0.1, -0.05) is 34.1 Å². The smallest absolute Gasteiger partial charge is 0.0644 e. The first kappa shape index (κ1) is 14.9. The average molecular weight is 216 g/mol. The van der Waals surface area contributed by atoms with Crippen LogP contribution in [0.2, 0.25) is 0 Å². The molecule has 0 aromatic carbocycles. The predicted octanol–water partition coefficient (Wildman–Crippen LogP) is 3.36. The van der Waals surface area contributed by atoms with E-state index in [0.29, 0.717) is 17.9 Å². The lowest BCUT2D eigenvalue weighted by Crippen LogP contribution is -2.31. The van der Waals surface area contributed by atoms with E-state index in [-0.39, 0.29) is 0 Å². The van der Waals surface area contributed by atoms with Gasteiger partial charge in [0, 0.05) is 20.1 Å². The van der Waals surface area contributed by atoms with Crippen LogP contribution in [0.15, 0.2) is 0 Å². The van der Waals surface area contributed by atoms with Gasteiger partial charge in [0.15, 0.2) is 0 Å². The van der Waals surface area contributed by atoms with Crippen molar-refractivity contribution in [1.82, 2.24) is 0 Å². The maximum Gasteiger partial charge on any atom is 0.0644 e. The third-order valence-corrected chi connectivity index (χ3v) is 2.89. The van der Waals surface area contributed by atoms with Gasteiger partial charge in [-0.2, -0.15) is 0 Å². The van der Waals surface area contributed by atoms with E-state index in [4.69, 9.17) is 9.47 Å². The third-order valence-electron chi connectivity index (χ3n) is 2.89. The number of rotatable bonds is 8. The lowest BCUT2D eigenvalue weighted by molar-refractivity contribution is -0.0175. The van der Waals surface area contributed by atoms with E-state index in [0.717, 1.165) is 12.5 Å². The van der Waals surface area contributed by atoms with Crippen molar-refractivity contribution in [3.8, 4) is 0 Å². The summed E-state index contributed by atoms with van der Waals surface area (Å²) < 4.78 is 10.9. The standard InChI is InChI=1S/C13H28O2/c1-10(2)7-8-12(9-14-5)13(15-6)11(3)4/h10-13H,7-9H2,1-6H3. The first-order valence-electron chi connectivity index (χ1n) is 6.04. The average Bonchev–Trinajstić information content (AvgIpc) is 2.14. The van der Waals surface area contributed by atoms with Crippen molar-refractivity contribution in [2.45, 2.75) is 46.6 Å². The summed E-state index contributed by atoms with van der Waals surface area (Å²) in [5.74, 6) is 1.85. The molecule has 0 radical (unpaired) electrons. The van der Waals surface area contributed by atoms with Gasteiger partial charge in [0.1, 0.15) is 0 Å². The summed E-state index contributed by atoms with van der Waals surface area (Å²) in [4.78, 5) is 0. The van der Waals surface area contributed by atoms with Crippen molar-refractivity contribution >= 4 is 0 Å². The van der Waals surface area contributed by atoms with Gasteiger partial charge in [-0.05, 0) is 18.3 Å². The van der Waals surface area contributed by atoms with E-state index in [1.165, 1.54) is 12.8 Å².